The van der Waals surface area contributed by atoms with Crippen LogP contribution in [0.25, 0.3) is 0 Å². The summed E-state index contributed by atoms with van der Waals surface area (Å²) in [5, 5.41) is 4.91. The fraction of sp³-hybridized carbons (Fsp3) is 0.311. The maximum absolute atomic E-state index is 13.9. The molecule has 16 heteroatoms. The van der Waals surface area contributed by atoms with Gasteiger partial charge in [0, 0.05) is 6.92 Å². The molecular weight excluding hydrogens is 792 g/mol. The number of alkyl carbamates (subject to hydrolysis) is 1. The lowest BCUT2D eigenvalue weighted by Crippen LogP contribution is -2.66. The molecule has 0 aromatic heterocycles. The zero-order valence-electron chi connectivity index (χ0n) is 33.8. The van der Waals surface area contributed by atoms with Gasteiger partial charge in [-0.05, 0) is 62.7 Å². The number of amides is 2. The first-order valence-corrected chi connectivity index (χ1v) is 19.2. The Kier molecular flexibility index (Phi) is 15.7. The molecule has 0 spiro atoms. The van der Waals surface area contributed by atoms with Gasteiger partial charge in [0.15, 0.2) is 24.5 Å². The number of ether oxygens (including phenoxy) is 7. The Bertz CT molecular complexity index is 2130. The van der Waals surface area contributed by atoms with E-state index in [1.54, 1.807) is 106 Å². The molecule has 0 bridgehead atoms. The SMILES string of the molecule is CC(=O)O[C@@H]1[C@@H](OC(=O)c2ccccc2)[C@H](OC(=O)c2ccccc2)[C@@H](COC(=O)c2ccccc2)O[C@H]1NC(=O)C[C@H](NC(=O)OC(C)(C)C)C(=O)OCc1ccccc1. The normalized spacial score (nSPS) is 18.9. The third kappa shape index (κ3) is 13.7. The van der Waals surface area contributed by atoms with Gasteiger partial charge in [0.2, 0.25) is 5.91 Å². The first-order chi connectivity index (χ1) is 29.2. The van der Waals surface area contributed by atoms with E-state index in [2.05, 4.69) is 10.6 Å². The van der Waals surface area contributed by atoms with Crippen molar-refractivity contribution in [1.29, 1.82) is 0 Å². The number of rotatable bonds is 15. The second kappa shape index (κ2) is 21.3. The minimum atomic E-state index is -1.72. The average Bonchev–Trinajstić information content (AvgIpc) is 3.24. The summed E-state index contributed by atoms with van der Waals surface area (Å²) in [6.07, 6.45) is -10.0. The lowest BCUT2D eigenvalue weighted by atomic mass is 9.96. The molecule has 1 saturated heterocycles. The molecule has 16 nitrogen and oxygen atoms in total. The molecule has 1 heterocycles. The van der Waals surface area contributed by atoms with Crippen molar-refractivity contribution in [3.8, 4) is 0 Å². The van der Waals surface area contributed by atoms with Gasteiger partial charge in [-0.25, -0.2) is 24.0 Å². The summed E-state index contributed by atoms with van der Waals surface area (Å²) < 4.78 is 40.1. The Balaban J connectivity index is 1.48. The van der Waals surface area contributed by atoms with Crippen molar-refractivity contribution < 1.29 is 66.7 Å². The third-order valence-corrected chi connectivity index (χ3v) is 8.72. The second-order valence-electron chi connectivity index (χ2n) is 14.7. The molecule has 1 aliphatic rings. The summed E-state index contributed by atoms with van der Waals surface area (Å²) in [5.74, 6) is -5.47. The highest BCUT2D eigenvalue weighted by Gasteiger charge is 2.53. The van der Waals surface area contributed by atoms with Crippen molar-refractivity contribution in [1.82, 2.24) is 10.6 Å². The Labute approximate surface area is 351 Å². The van der Waals surface area contributed by atoms with E-state index in [1.165, 1.54) is 36.4 Å². The lowest BCUT2D eigenvalue weighted by molar-refractivity contribution is -0.243. The van der Waals surface area contributed by atoms with Crippen molar-refractivity contribution in [2.75, 3.05) is 6.61 Å². The highest BCUT2D eigenvalue weighted by atomic mass is 16.7. The number of carbonyl (C=O) groups excluding carboxylic acids is 7. The minimum Gasteiger partial charge on any atom is -0.459 e. The van der Waals surface area contributed by atoms with Gasteiger partial charge < -0.3 is 43.8 Å². The summed E-state index contributed by atoms with van der Waals surface area (Å²) in [7, 11) is 0. The molecule has 0 unspecified atom stereocenters. The van der Waals surface area contributed by atoms with Crippen LogP contribution in [0, 0.1) is 0 Å². The smallest absolute Gasteiger partial charge is 0.408 e. The molecule has 0 radical (unpaired) electrons. The summed E-state index contributed by atoms with van der Waals surface area (Å²) in [6, 6.07) is 30.6. The number of benzene rings is 4. The molecule has 1 fully saturated rings. The average molecular weight is 839 g/mol. The third-order valence-electron chi connectivity index (χ3n) is 8.72. The van der Waals surface area contributed by atoms with E-state index in [0.717, 1.165) is 6.92 Å². The first-order valence-electron chi connectivity index (χ1n) is 19.2. The standard InChI is InChI=1S/C45H46N2O14/c1-28(48)57-38-37(60-42(52)32-23-15-8-16-24-32)36(59-41(51)31-21-13-7-14-22-31)34(27-56-40(50)30-19-11-6-12-20-30)58-39(38)47-35(49)25-33(46-44(54)61-45(2,3)4)43(53)55-26-29-17-9-5-10-18-29/h5-24,33-34,36-39H,25-27H2,1-4H3,(H,46,54)(H,47,49)/t33-,34+,36+,37-,38+,39+/m0/s1. The summed E-state index contributed by atoms with van der Waals surface area (Å²) in [4.78, 5) is 93.4. The van der Waals surface area contributed by atoms with E-state index < -0.39 is 97.2 Å². The molecule has 2 amide bonds. The molecule has 0 aliphatic carbocycles. The Hall–Kier alpha value is -7.07. The molecule has 320 valence electrons. The second-order valence-corrected chi connectivity index (χ2v) is 14.7. The number of esters is 5. The molecule has 1 aliphatic heterocycles. The predicted octanol–water partition coefficient (Wildman–Crippen LogP) is 5.09. The molecule has 5 rings (SSSR count). The van der Waals surface area contributed by atoms with Crippen LogP contribution in [0.15, 0.2) is 121 Å². The van der Waals surface area contributed by atoms with Gasteiger partial charge in [0.25, 0.3) is 0 Å². The van der Waals surface area contributed by atoms with E-state index in [9.17, 15) is 33.6 Å². The maximum atomic E-state index is 13.9. The number of hydrogen-bond acceptors (Lipinski definition) is 14. The zero-order valence-corrected chi connectivity index (χ0v) is 33.8. The van der Waals surface area contributed by atoms with E-state index in [4.69, 9.17) is 33.2 Å². The molecular formula is C45H46N2O14. The first kappa shape index (κ1) is 45.0. The van der Waals surface area contributed by atoms with Crippen LogP contribution in [0.4, 0.5) is 4.79 Å². The molecule has 2 N–H and O–H groups in total. The highest BCUT2D eigenvalue weighted by molar-refractivity contribution is 5.91. The number of hydrogen-bond donors (Lipinski definition) is 2. The van der Waals surface area contributed by atoms with Crippen molar-refractivity contribution >= 4 is 41.8 Å². The summed E-state index contributed by atoms with van der Waals surface area (Å²) in [5.41, 5.74) is 0.00507. The number of nitrogens with one attached hydrogen (secondary N) is 2. The Morgan fingerprint density at radius 1 is 0.623 bits per heavy atom. The van der Waals surface area contributed by atoms with E-state index in [0.29, 0.717) is 5.56 Å². The zero-order chi connectivity index (χ0) is 43.9. The summed E-state index contributed by atoms with van der Waals surface area (Å²) in [6.45, 7) is 5.06. The van der Waals surface area contributed by atoms with E-state index in [1.807, 2.05) is 0 Å². The van der Waals surface area contributed by atoms with Crippen molar-refractivity contribution in [3.63, 3.8) is 0 Å². The Morgan fingerprint density at radius 2 is 1.11 bits per heavy atom. The van der Waals surface area contributed by atoms with Gasteiger partial charge >= 0.3 is 35.9 Å². The topological polar surface area (TPSA) is 208 Å². The highest BCUT2D eigenvalue weighted by Crippen LogP contribution is 2.30. The molecule has 0 saturated carbocycles. The van der Waals surface area contributed by atoms with Crippen molar-refractivity contribution in [2.24, 2.45) is 0 Å². The van der Waals surface area contributed by atoms with Crippen LogP contribution in [0.3, 0.4) is 0 Å². The van der Waals surface area contributed by atoms with Gasteiger partial charge in [0.1, 0.15) is 31.0 Å². The van der Waals surface area contributed by atoms with Crippen LogP contribution in [-0.4, -0.2) is 90.7 Å². The van der Waals surface area contributed by atoms with Crippen LogP contribution in [0.5, 0.6) is 0 Å². The summed E-state index contributed by atoms with van der Waals surface area (Å²) >= 11 is 0. The number of carbonyl (C=O) groups is 7. The molecule has 4 aromatic rings. The molecule has 61 heavy (non-hydrogen) atoms. The largest absolute Gasteiger partial charge is 0.459 e. The van der Waals surface area contributed by atoms with Gasteiger partial charge in [-0.3, -0.25) is 9.59 Å². The Morgan fingerprint density at radius 3 is 1.62 bits per heavy atom. The van der Waals surface area contributed by atoms with E-state index in [-0.39, 0.29) is 23.3 Å². The monoisotopic (exact) mass is 838 g/mol. The molecule has 4 aromatic carbocycles. The van der Waals surface area contributed by atoms with Crippen LogP contribution >= 0.6 is 0 Å². The minimum absolute atomic E-state index is 0.0708. The maximum Gasteiger partial charge on any atom is 0.408 e. The van der Waals surface area contributed by atoms with Crippen LogP contribution in [-0.2, 0) is 54.1 Å². The van der Waals surface area contributed by atoms with Crippen molar-refractivity contribution in [2.45, 2.75) is 83.0 Å². The van der Waals surface area contributed by atoms with Gasteiger partial charge in [-0.2, -0.15) is 0 Å². The molecule has 6 atom stereocenters. The quantitative estimate of drug-likeness (QED) is 0.118. The fourth-order valence-corrected chi connectivity index (χ4v) is 5.98. The van der Waals surface area contributed by atoms with E-state index >= 15 is 0 Å². The van der Waals surface area contributed by atoms with Crippen LogP contribution in [0.1, 0.15) is 70.8 Å². The van der Waals surface area contributed by atoms with Gasteiger partial charge in [-0.15, -0.1) is 0 Å². The lowest BCUT2D eigenvalue weighted by Gasteiger charge is -2.44. The van der Waals surface area contributed by atoms with Crippen LogP contribution < -0.4 is 10.6 Å². The van der Waals surface area contributed by atoms with Gasteiger partial charge in [-0.1, -0.05) is 84.9 Å². The predicted molar refractivity (Wildman–Crippen MR) is 214 cm³/mol. The van der Waals surface area contributed by atoms with Gasteiger partial charge in [0.05, 0.1) is 23.1 Å². The fourth-order valence-electron chi connectivity index (χ4n) is 5.98. The van der Waals surface area contributed by atoms with Crippen molar-refractivity contribution in [3.05, 3.63) is 144 Å². The van der Waals surface area contributed by atoms with Crippen LogP contribution in [0.2, 0.25) is 0 Å².